The standard InChI is InChI=1S/C19H29NO5/c1-14-8-6-9-15(2)18(14)25-13-17(21)20(10-7-11-23-4)12-16(3)19(22)24-5/h6,8-9,16H,7,10-13H2,1-5H3. The van der Waals surface area contributed by atoms with Crippen molar-refractivity contribution in [3.8, 4) is 5.75 Å². The smallest absolute Gasteiger partial charge is 0.310 e. The number of rotatable bonds is 10. The van der Waals surface area contributed by atoms with E-state index >= 15 is 0 Å². The molecule has 6 heteroatoms. The van der Waals surface area contributed by atoms with Crippen LogP contribution in [0.4, 0.5) is 0 Å². The number of nitrogens with zero attached hydrogens (tertiary/aromatic N) is 1. The monoisotopic (exact) mass is 351 g/mol. The van der Waals surface area contributed by atoms with Crippen molar-refractivity contribution in [2.24, 2.45) is 5.92 Å². The SMILES string of the molecule is COCCCN(CC(C)C(=O)OC)C(=O)COc1c(C)cccc1C. The van der Waals surface area contributed by atoms with Crippen molar-refractivity contribution in [3.05, 3.63) is 29.3 Å². The van der Waals surface area contributed by atoms with Gasteiger partial charge >= 0.3 is 5.97 Å². The Balaban J connectivity index is 2.72. The van der Waals surface area contributed by atoms with Crippen molar-refractivity contribution in [2.45, 2.75) is 27.2 Å². The van der Waals surface area contributed by atoms with Crippen LogP contribution in [-0.4, -0.2) is 57.3 Å². The largest absolute Gasteiger partial charge is 0.483 e. The van der Waals surface area contributed by atoms with E-state index in [0.717, 1.165) is 16.9 Å². The highest BCUT2D eigenvalue weighted by molar-refractivity contribution is 5.79. The number of methoxy groups -OCH3 is 2. The summed E-state index contributed by atoms with van der Waals surface area (Å²) >= 11 is 0. The molecular weight excluding hydrogens is 322 g/mol. The minimum atomic E-state index is -0.392. The molecular formula is C19H29NO5. The lowest BCUT2D eigenvalue weighted by molar-refractivity contribution is -0.146. The van der Waals surface area contributed by atoms with E-state index in [4.69, 9.17) is 14.2 Å². The van der Waals surface area contributed by atoms with E-state index in [1.807, 2.05) is 32.0 Å². The maximum atomic E-state index is 12.6. The number of carbonyl (C=O) groups is 2. The Kier molecular flexibility index (Phi) is 8.99. The van der Waals surface area contributed by atoms with Crippen LogP contribution in [0.25, 0.3) is 0 Å². The molecule has 0 fully saturated rings. The summed E-state index contributed by atoms with van der Waals surface area (Å²) < 4.78 is 15.5. The van der Waals surface area contributed by atoms with E-state index < -0.39 is 5.92 Å². The van der Waals surface area contributed by atoms with E-state index in [0.29, 0.717) is 26.1 Å². The molecule has 1 aromatic carbocycles. The van der Waals surface area contributed by atoms with E-state index in [-0.39, 0.29) is 18.5 Å². The zero-order valence-corrected chi connectivity index (χ0v) is 15.8. The molecule has 1 atom stereocenters. The predicted octanol–water partition coefficient (Wildman–Crippen LogP) is 2.36. The molecule has 25 heavy (non-hydrogen) atoms. The fraction of sp³-hybridized carbons (Fsp3) is 0.579. The Bertz CT molecular complexity index is 553. The molecule has 0 radical (unpaired) electrons. The normalized spacial score (nSPS) is 11.7. The Labute approximate surface area is 150 Å². The van der Waals surface area contributed by atoms with Gasteiger partial charge in [-0.3, -0.25) is 9.59 Å². The van der Waals surface area contributed by atoms with Gasteiger partial charge in [0.05, 0.1) is 13.0 Å². The van der Waals surface area contributed by atoms with Gasteiger partial charge in [0.2, 0.25) is 0 Å². The molecule has 0 bridgehead atoms. The molecule has 0 saturated carbocycles. The molecule has 0 aliphatic carbocycles. The van der Waals surface area contributed by atoms with Crippen LogP contribution in [0.3, 0.4) is 0 Å². The highest BCUT2D eigenvalue weighted by Crippen LogP contribution is 2.22. The van der Waals surface area contributed by atoms with Crippen molar-refractivity contribution in [1.82, 2.24) is 4.90 Å². The molecule has 0 N–H and O–H groups in total. The highest BCUT2D eigenvalue weighted by Gasteiger charge is 2.22. The van der Waals surface area contributed by atoms with Gasteiger partial charge in [-0.05, 0) is 31.4 Å². The number of para-hydroxylation sites is 1. The first-order valence-corrected chi connectivity index (χ1v) is 8.44. The van der Waals surface area contributed by atoms with Crippen molar-refractivity contribution in [2.75, 3.05) is 40.5 Å². The topological polar surface area (TPSA) is 65.1 Å². The van der Waals surface area contributed by atoms with Crippen LogP contribution in [0.2, 0.25) is 0 Å². The molecule has 0 aromatic heterocycles. The average molecular weight is 351 g/mol. The maximum absolute atomic E-state index is 12.6. The fourth-order valence-electron chi connectivity index (χ4n) is 2.58. The van der Waals surface area contributed by atoms with Crippen LogP contribution in [0, 0.1) is 19.8 Å². The summed E-state index contributed by atoms with van der Waals surface area (Å²) in [6.45, 7) is 6.93. The number of hydrogen-bond donors (Lipinski definition) is 0. The molecule has 140 valence electrons. The third-order valence-electron chi connectivity index (χ3n) is 3.98. The molecule has 0 aliphatic heterocycles. The first-order chi connectivity index (χ1) is 11.9. The summed E-state index contributed by atoms with van der Waals surface area (Å²) in [5.74, 6) is -0.153. The first kappa shape index (κ1) is 21.0. The van der Waals surface area contributed by atoms with Crippen molar-refractivity contribution < 1.29 is 23.8 Å². The summed E-state index contributed by atoms with van der Waals surface area (Å²) in [6, 6.07) is 5.85. The lowest BCUT2D eigenvalue weighted by Crippen LogP contribution is -2.40. The third kappa shape index (κ3) is 6.74. The van der Waals surface area contributed by atoms with E-state index in [1.165, 1.54) is 7.11 Å². The van der Waals surface area contributed by atoms with Gasteiger partial charge in [0.1, 0.15) is 5.75 Å². The summed E-state index contributed by atoms with van der Waals surface area (Å²) in [5, 5.41) is 0. The van der Waals surface area contributed by atoms with Crippen LogP contribution in [-0.2, 0) is 19.1 Å². The zero-order valence-electron chi connectivity index (χ0n) is 15.8. The molecule has 6 nitrogen and oxygen atoms in total. The number of aryl methyl sites for hydroxylation is 2. The van der Waals surface area contributed by atoms with Crippen LogP contribution >= 0.6 is 0 Å². The second kappa shape index (κ2) is 10.7. The van der Waals surface area contributed by atoms with E-state index in [9.17, 15) is 9.59 Å². The second-order valence-corrected chi connectivity index (χ2v) is 6.12. The van der Waals surface area contributed by atoms with Crippen LogP contribution < -0.4 is 4.74 Å². The summed E-state index contributed by atoms with van der Waals surface area (Å²) in [7, 11) is 2.97. The Morgan fingerprint density at radius 1 is 1.16 bits per heavy atom. The molecule has 0 aliphatic rings. The van der Waals surface area contributed by atoms with Crippen LogP contribution in [0.1, 0.15) is 24.5 Å². The van der Waals surface area contributed by atoms with Gasteiger partial charge in [0.25, 0.3) is 5.91 Å². The number of amides is 1. The second-order valence-electron chi connectivity index (χ2n) is 6.12. The van der Waals surface area contributed by atoms with Gasteiger partial charge < -0.3 is 19.1 Å². The Morgan fingerprint density at radius 3 is 2.36 bits per heavy atom. The van der Waals surface area contributed by atoms with Crippen LogP contribution in [0.15, 0.2) is 18.2 Å². The Hall–Kier alpha value is -2.08. The van der Waals surface area contributed by atoms with Crippen molar-refractivity contribution >= 4 is 11.9 Å². The Morgan fingerprint density at radius 2 is 1.80 bits per heavy atom. The van der Waals surface area contributed by atoms with Gasteiger partial charge in [0.15, 0.2) is 6.61 Å². The van der Waals surface area contributed by atoms with Crippen molar-refractivity contribution in [3.63, 3.8) is 0 Å². The predicted molar refractivity (Wildman–Crippen MR) is 95.7 cm³/mol. The van der Waals surface area contributed by atoms with Gasteiger partial charge in [-0.1, -0.05) is 25.1 Å². The quantitative estimate of drug-likeness (QED) is 0.478. The van der Waals surface area contributed by atoms with E-state index in [1.54, 1.807) is 18.9 Å². The van der Waals surface area contributed by atoms with Crippen molar-refractivity contribution in [1.29, 1.82) is 0 Å². The number of ether oxygens (including phenoxy) is 3. The fourth-order valence-corrected chi connectivity index (χ4v) is 2.58. The van der Waals surface area contributed by atoms with Gasteiger partial charge in [0, 0.05) is 26.8 Å². The minimum Gasteiger partial charge on any atom is -0.483 e. The van der Waals surface area contributed by atoms with Gasteiger partial charge in [-0.15, -0.1) is 0 Å². The summed E-state index contributed by atoms with van der Waals surface area (Å²) in [5.41, 5.74) is 1.98. The minimum absolute atomic E-state index is 0.0629. The summed E-state index contributed by atoms with van der Waals surface area (Å²) in [6.07, 6.45) is 0.694. The average Bonchev–Trinajstić information content (AvgIpc) is 2.59. The molecule has 1 rings (SSSR count). The molecule has 1 amide bonds. The van der Waals surface area contributed by atoms with Gasteiger partial charge in [-0.25, -0.2) is 0 Å². The lowest BCUT2D eigenvalue weighted by atomic mass is 10.1. The van der Waals surface area contributed by atoms with Crippen LogP contribution in [0.5, 0.6) is 5.75 Å². The number of esters is 1. The third-order valence-corrected chi connectivity index (χ3v) is 3.98. The molecule has 0 heterocycles. The first-order valence-electron chi connectivity index (χ1n) is 8.44. The van der Waals surface area contributed by atoms with Gasteiger partial charge in [-0.2, -0.15) is 0 Å². The molecule has 1 unspecified atom stereocenters. The van der Waals surface area contributed by atoms with E-state index in [2.05, 4.69) is 0 Å². The molecule has 0 spiro atoms. The number of carbonyl (C=O) groups excluding carboxylic acids is 2. The lowest BCUT2D eigenvalue weighted by Gasteiger charge is -2.25. The molecule has 1 aromatic rings. The highest BCUT2D eigenvalue weighted by atomic mass is 16.5. The number of hydrogen-bond acceptors (Lipinski definition) is 5. The maximum Gasteiger partial charge on any atom is 0.310 e. The summed E-state index contributed by atoms with van der Waals surface area (Å²) in [4.78, 5) is 25.9. The zero-order chi connectivity index (χ0) is 18.8. The molecule has 0 saturated heterocycles. The number of benzene rings is 1.